The third-order valence-corrected chi connectivity index (χ3v) is 4.58. The summed E-state index contributed by atoms with van der Waals surface area (Å²) in [6.45, 7) is 4.08. The van der Waals surface area contributed by atoms with E-state index in [-0.39, 0.29) is 18.5 Å². The van der Waals surface area contributed by atoms with Gasteiger partial charge in [-0.1, -0.05) is 29.3 Å². The zero-order valence-electron chi connectivity index (χ0n) is 15.6. The Labute approximate surface area is 168 Å². The number of furan rings is 1. The molecule has 2 rings (SSSR count). The predicted molar refractivity (Wildman–Crippen MR) is 104 cm³/mol. The van der Waals surface area contributed by atoms with Crippen molar-refractivity contribution in [1.29, 1.82) is 0 Å². The summed E-state index contributed by atoms with van der Waals surface area (Å²) in [4.78, 5) is 25.7. The van der Waals surface area contributed by atoms with E-state index in [1.165, 1.54) is 7.11 Å². The highest BCUT2D eigenvalue weighted by molar-refractivity contribution is 6.35. The van der Waals surface area contributed by atoms with E-state index in [2.05, 4.69) is 5.32 Å². The quantitative estimate of drug-likeness (QED) is 0.695. The number of esters is 1. The Bertz CT molecular complexity index is 835. The van der Waals surface area contributed by atoms with E-state index in [4.69, 9.17) is 32.4 Å². The number of hydrogen-bond acceptors (Lipinski definition) is 5. The molecule has 0 bridgehead atoms. The van der Waals surface area contributed by atoms with Crippen molar-refractivity contribution in [1.82, 2.24) is 10.2 Å². The summed E-state index contributed by atoms with van der Waals surface area (Å²) in [7, 11) is 3.11. The second kappa shape index (κ2) is 9.26. The number of amides is 1. The van der Waals surface area contributed by atoms with E-state index in [1.807, 2.05) is 6.92 Å². The number of halogens is 2. The first kappa shape index (κ1) is 21.3. The number of rotatable bonds is 7. The zero-order valence-corrected chi connectivity index (χ0v) is 17.1. The summed E-state index contributed by atoms with van der Waals surface area (Å²) < 4.78 is 10.3. The van der Waals surface area contributed by atoms with Gasteiger partial charge in [0.05, 0.1) is 26.2 Å². The molecule has 2 aromatic rings. The van der Waals surface area contributed by atoms with Crippen molar-refractivity contribution in [2.75, 3.05) is 20.7 Å². The highest BCUT2D eigenvalue weighted by Crippen LogP contribution is 2.26. The molecule has 8 heteroatoms. The number of nitrogens with one attached hydrogen (secondary N) is 1. The second-order valence-corrected chi connectivity index (χ2v) is 7.15. The average Bonchev–Trinajstić information content (AvgIpc) is 2.93. The standard InChI is InChI=1S/C19H22Cl2N2O4/c1-11(15-6-5-13(20)7-17(15)21)22-18(24)10-23(3)9-14-8-16(12(2)27-14)19(25)26-4/h5-8,11H,9-10H2,1-4H3,(H,22,24). The molecule has 0 saturated heterocycles. The van der Waals surface area contributed by atoms with Crippen LogP contribution < -0.4 is 5.32 Å². The molecule has 1 heterocycles. The number of carbonyl (C=O) groups is 2. The van der Waals surface area contributed by atoms with Crippen LogP contribution in [0.3, 0.4) is 0 Å². The van der Waals surface area contributed by atoms with Gasteiger partial charge in [-0.05, 0) is 44.7 Å². The second-order valence-electron chi connectivity index (χ2n) is 6.30. The first-order valence-corrected chi connectivity index (χ1v) is 9.07. The van der Waals surface area contributed by atoms with Crippen LogP contribution in [0.25, 0.3) is 0 Å². The summed E-state index contributed by atoms with van der Waals surface area (Å²) in [6.07, 6.45) is 0. The normalized spacial score (nSPS) is 12.1. The van der Waals surface area contributed by atoms with E-state index < -0.39 is 5.97 Å². The molecule has 0 spiro atoms. The number of nitrogens with zero attached hydrogens (tertiary/aromatic N) is 1. The number of hydrogen-bond donors (Lipinski definition) is 1. The number of likely N-dealkylation sites (N-methyl/N-ethyl adjacent to an activating group) is 1. The number of carbonyl (C=O) groups excluding carboxylic acids is 2. The van der Waals surface area contributed by atoms with Gasteiger partial charge in [0, 0.05) is 10.0 Å². The first-order chi connectivity index (χ1) is 12.7. The molecule has 6 nitrogen and oxygen atoms in total. The highest BCUT2D eigenvalue weighted by atomic mass is 35.5. The maximum atomic E-state index is 12.3. The molecule has 146 valence electrons. The van der Waals surface area contributed by atoms with Crippen molar-refractivity contribution < 1.29 is 18.7 Å². The molecule has 1 aromatic heterocycles. The molecule has 1 unspecified atom stereocenters. The molecule has 1 atom stereocenters. The van der Waals surface area contributed by atoms with Crippen LogP contribution in [0.5, 0.6) is 0 Å². The monoisotopic (exact) mass is 412 g/mol. The van der Waals surface area contributed by atoms with E-state index >= 15 is 0 Å². The van der Waals surface area contributed by atoms with Crippen molar-refractivity contribution in [3.8, 4) is 0 Å². The fourth-order valence-electron chi connectivity index (χ4n) is 2.72. The Hall–Kier alpha value is -2.02. The van der Waals surface area contributed by atoms with Gasteiger partial charge in [0.15, 0.2) is 0 Å². The van der Waals surface area contributed by atoms with Crippen molar-refractivity contribution in [2.24, 2.45) is 0 Å². The summed E-state index contributed by atoms with van der Waals surface area (Å²) >= 11 is 12.1. The highest BCUT2D eigenvalue weighted by Gasteiger charge is 2.18. The molecule has 0 aliphatic heterocycles. The lowest BCUT2D eigenvalue weighted by atomic mass is 10.1. The van der Waals surface area contributed by atoms with Crippen LogP contribution >= 0.6 is 23.2 Å². The Morgan fingerprint density at radius 2 is 2.00 bits per heavy atom. The van der Waals surface area contributed by atoms with Crippen molar-refractivity contribution in [3.63, 3.8) is 0 Å². The predicted octanol–water partition coefficient (Wildman–Crippen LogP) is 3.99. The number of benzene rings is 1. The molecule has 0 aliphatic carbocycles. The molecule has 1 amide bonds. The largest absolute Gasteiger partial charge is 0.465 e. The van der Waals surface area contributed by atoms with Crippen LogP contribution in [0, 0.1) is 6.92 Å². The van der Waals surface area contributed by atoms with Gasteiger partial charge in [-0.15, -0.1) is 0 Å². The smallest absolute Gasteiger partial charge is 0.341 e. The maximum Gasteiger partial charge on any atom is 0.341 e. The average molecular weight is 413 g/mol. The topological polar surface area (TPSA) is 71.8 Å². The summed E-state index contributed by atoms with van der Waals surface area (Å²) in [5.74, 6) is 0.460. The zero-order chi connectivity index (χ0) is 20.1. The van der Waals surface area contributed by atoms with Crippen LogP contribution in [0.4, 0.5) is 0 Å². The van der Waals surface area contributed by atoms with Gasteiger partial charge in [0.2, 0.25) is 5.91 Å². The fourth-order valence-corrected chi connectivity index (χ4v) is 3.29. The minimum atomic E-state index is -0.448. The maximum absolute atomic E-state index is 12.3. The van der Waals surface area contributed by atoms with Crippen LogP contribution in [0.15, 0.2) is 28.7 Å². The number of ether oxygens (including phenoxy) is 1. The van der Waals surface area contributed by atoms with Gasteiger partial charge < -0.3 is 14.5 Å². The van der Waals surface area contributed by atoms with Crippen molar-refractivity contribution in [3.05, 3.63) is 57.0 Å². The summed E-state index contributed by atoms with van der Waals surface area (Å²) in [5, 5.41) is 3.95. The van der Waals surface area contributed by atoms with Gasteiger partial charge in [-0.25, -0.2) is 4.79 Å². The van der Waals surface area contributed by atoms with E-state index in [9.17, 15) is 9.59 Å². The van der Waals surface area contributed by atoms with Crippen LogP contribution in [0.1, 0.15) is 40.4 Å². The molecular weight excluding hydrogens is 391 g/mol. The molecule has 1 N–H and O–H groups in total. The molecule has 1 aromatic carbocycles. The van der Waals surface area contributed by atoms with E-state index in [1.54, 1.807) is 43.1 Å². The van der Waals surface area contributed by atoms with E-state index in [0.29, 0.717) is 33.7 Å². The molecule has 0 aliphatic rings. The number of aryl methyl sites for hydroxylation is 1. The van der Waals surface area contributed by atoms with Gasteiger partial charge in [-0.2, -0.15) is 0 Å². The number of methoxy groups -OCH3 is 1. The van der Waals surface area contributed by atoms with Crippen molar-refractivity contribution in [2.45, 2.75) is 26.4 Å². The third kappa shape index (κ3) is 5.73. The molecule has 27 heavy (non-hydrogen) atoms. The lowest BCUT2D eigenvalue weighted by Crippen LogP contribution is -2.36. The lowest BCUT2D eigenvalue weighted by Gasteiger charge is -2.19. The van der Waals surface area contributed by atoms with Crippen molar-refractivity contribution >= 4 is 35.1 Å². The molecule has 0 radical (unpaired) electrons. The lowest BCUT2D eigenvalue weighted by molar-refractivity contribution is -0.122. The van der Waals surface area contributed by atoms with Gasteiger partial charge in [0.1, 0.15) is 17.1 Å². The van der Waals surface area contributed by atoms with Crippen LogP contribution in [-0.4, -0.2) is 37.5 Å². The fraction of sp³-hybridized carbons (Fsp3) is 0.368. The SMILES string of the molecule is COC(=O)c1cc(CN(C)CC(=O)NC(C)c2ccc(Cl)cc2Cl)oc1C. The van der Waals surface area contributed by atoms with Crippen LogP contribution in [-0.2, 0) is 16.1 Å². The van der Waals surface area contributed by atoms with Gasteiger partial charge >= 0.3 is 5.97 Å². The Balaban J connectivity index is 1.92. The third-order valence-electron chi connectivity index (χ3n) is 4.02. The Kier molecular flexibility index (Phi) is 7.30. The minimum Gasteiger partial charge on any atom is -0.465 e. The summed E-state index contributed by atoms with van der Waals surface area (Å²) in [5.41, 5.74) is 1.18. The van der Waals surface area contributed by atoms with Crippen LogP contribution in [0.2, 0.25) is 10.0 Å². The summed E-state index contributed by atoms with van der Waals surface area (Å²) in [6, 6.07) is 6.54. The van der Waals surface area contributed by atoms with Gasteiger partial charge in [-0.3, -0.25) is 9.69 Å². The Morgan fingerprint density at radius 1 is 1.30 bits per heavy atom. The Morgan fingerprint density at radius 3 is 2.63 bits per heavy atom. The molecular formula is C19H22Cl2N2O4. The molecule has 0 fully saturated rings. The van der Waals surface area contributed by atoms with Gasteiger partial charge in [0.25, 0.3) is 0 Å². The first-order valence-electron chi connectivity index (χ1n) is 8.31. The van der Waals surface area contributed by atoms with E-state index in [0.717, 1.165) is 5.56 Å². The molecule has 0 saturated carbocycles. The minimum absolute atomic E-state index is 0.156.